The van der Waals surface area contributed by atoms with E-state index >= 15 is 0 Å². The summed E-state index contributed by atoms with van der Waals surface area (Å²) < 4.78 is 8.25. The van der Waals surface area contributed by atoms with Crippen LogP contribution >= 0.6 is 0 Å². The molecule has 2 aliphatic heterocycles. The maximum Gasteiger partial charge on any atom is 0.275 e. The highest BCUT2D eigenvalue weighted by Crippen LogP contribution is 2.34. The average Bonchev–Trinajstić information content (AvgIpc) is 3.40. The molecule has 180 valence electrons. The van der Waals surface area contributed by atoms with Gasteiger partial charge in [-0.3, -0.25) is 24.3 Å². The fourth-order valence-corrected chi connectivity index (χ4v) is 5.62. The Bertz CT molecular complexity index is 1750. The van der Waals surface area contributed by atoms with Crippen LogP contribution in [-0.4, -0.2) is 49.9 Å². The van der Waals surface area contributed by atoms with Gasteiger partial charge in [0.25, 0.3) is 11.1 Å². The molecule has 3 aromatic carbocycles. The lowest BCUT2D eigenvalue weighted by atomic mass is 10.0. The second kappa shape index (κ2) is 7.93. The lowest BCUT2D eigenvalue weighted by molar-refractivity contribution is 0.195. The van der Waals surface area contributed by atoms with E-state index in [2.05, 4.69) is 21.9 Å². The molecule has 7 rings (SSSR count). The maximum absolute atomic E-state index is 13.3. The van der Waals surface area contributed by atoms with E-state index in [1.54, 1.807) is 16.8 Å². The summed E-state index contributed by atoms with van der Waals surface area (Å²) >= 11 is 0. The maximum atomic E-state index is 13.3. The highest BCUT2D eigenvalue weighted by atomic mass is 16.5. The largest absolute Gasteiger partial charge is 0.487 e. The normalized spacial score (nSPS) is 21.2. The van der Waals surface area contributed by atoms with Crippen molar-refractivity contribution < 1.29 is 4.74 Å². The molecule has 1 saturated heterocycles. The number of fused-ring (bicyclic) bond motifs is 5. The van der Waals surface area contributed by atoms with Crippen molar-refractivity contribution in [1.82, 2.24) is 24.6 Å². The topological polar surface area (TPSA) is 96.0 Å². The molecule has 0 spiro atoms. The van der Waals surface area contributed by atoms with Crippen molar-refractivity contribution >= 4 is 21.9 Å². The first-order valence-corrected chi connectivity index (χ1v) is 12.3. The molecule has 6 bridgehead atoms. The summed E-state index contributed by atoms with van der Waals surface area (Å²) in [5, 5.41) is 3.80. The molecule has 0 amide bonds. The number of para-hydroxylation sites is 1. The van der Waals surface area contributed by atoms with Crippen molar-refractivity contribution in [2.45, 2.75) is 32.0 Å². The van der Waals surface area contributed by atoms with Crippen LogP contribution in [0.5, 0.6) is 5.75 Å². The van der Waals surface area contributed by atoms with E-state index in [0.29, 0.717) is 45.8 Å². The zero-order valence-electron chi connectivity index (χ0n) is 19.8. The monoisotopic (exact) mass is 479 g/mol. The van der Waals surface area contributed by atoms with Gasteiger partial charge in [0.05, 0.1) is 23.0 Å². The summed E-state index contributed by atoms with van der Waals surface area (Å²) in [7, 11) is 0. The molecule has 5 aromatic rings. The van der Waals surface area contributed by atoms with Gasteiger partial charge in [-0.2, -0.15) is 0 Å². The molecule has 2 N–H and O–H groups in total. The summed E-state index contributed by atoms with van der Waals surface area (Å²) in [5.41, 5.74) is 4.28. The number of nitrogens with one attached hydrogen (secondary N) is 2. The summed E-state index contributed by atoms with van der Waals surface area (Å²) in [5.74, 6) is 0.651. The predicted octanol–water partition coefficient (Wildman–Crippen LogP) is 3.76. The molecule has 0 aliphatic carbocycles. The highest BCUT2D eigenvalue weighted by Gasteiger charge is 2.31. The Morgan fingerprint density at radius 3 is 2.72 bits per heavy atom. The van der Waals surface area contributed by atoms with Gasteiger partial charge in [0, 0.05) is 31.1 Å². The van der Waals surface area contributed by atoms with Crippen LogP contribution in [0.3, 0.4) is 0 Å². The van der Waals surface area contributed by atoms with E-state index in [1.165, 1.54) is 0 Å². The number of benzene rings is 3. The van der Waals surface area contributed by atoms with Gasteiger partial charge >= 0.3 is 0 Å². The quantitative estimate of drug-likeness (QED) is 0.382. The highest BCUT2D eigenvalue weighted by molar-refractivity contribution is 5.94. The Morgan fingerprint density at radius 2 is 1.86 bits per heavy atom. The Kier molecular flexibility index (Phi) is 4.65. The van der Waals surface area contributed by atoms with Gasteiger partial charge in [-0.1, -0.05) is 42.5 Å². The Morgan fingerprint density at radius 1 is 1.00 bits per heavy atom. The van der Waals surface area contributed by atoms with Gasteiger partial charge in [0.2, 0.25) is 0 Å². The van der Waals surface area contributed by atoms with Gasteiger partial charge in [-0.15, -0.1) is 0 Å². The average molecular weight is 480 g/mol. The number of aromatic amines is 2. The standard InChI is InChI=1S/C28H25N5O3/c1-16-12-19-15-32(16)10-11-33-28(35)21-9-5-8-20(24(21)31-33)25-27(34)29-22-13-18(17-6-3-2-4-7-17)14-23(36-19)26(22)30-25/h2-9,13-14,16,19,31H,10-12,15H2,1H3,(H,29,34)/t16-,19?/m1/s1. The Balaban J connectivity index is 1.52. The zero-order chi connectivity index (χ0) is 24.4. The van der Waals surface area contributed by atoms with E-state index in [9.17, 15) is 9.59 Å². The molecule has 8 heteroatoms. The first-order valence-electron chi connectivity index (χ1n) is 12.3. The number of hydrogen-bond donors (Lipinski definition) is 2. The third-order valence-electron chi connectivity index (χ3n) is 7.48. The van der Waals surface area contributed by atoms with Crippen LogP contribution < -0.4 is 15.9 Å². The number of nitrogens with zero attached hydrogens (tertiary/aromatic N) is 3. The molecule has 8 nitrogen and oxygen atoms in total. The van der Waals surface area contributed by atoms with Gasteiger partial charge < -0.3 is 9.72 Å². The molecular weight excluding hydrogens is 454 g/mol. The van der Waals surface area contributed by atoms with Gasteiger partial charge in [0.1, 0.15) is 23.1 Å². The predicted molar refractivity (Wildman–Crippen MR) is 139 cm³/mol. The van der Waals surface area contributed by atoms with Crippen LogP contribution in [-0.2, 0) is 6.54 Å². The smallest absolute Gasteiger partial charge is 0.275 e. The molecule has 2 unspecified atom stereocenters. The number of ether oxygens (including phenoxy) is 1. The summed E-state index contributed by atoms with van der Waals surface area (Å²) in [6.45, 7) is 4.21. The molecule has 3 atom stereocenters. The Hall–Kier alpha value is -4.17. The number of H-pyrrole nitrogens is 2. The van der Waals surface area contributed by atoms with E-state index in [4.69, 9.17) is 9.72 Å². The molecular formula is C28H25N5O3. The minimum atomic E-state index is -0.312. The summed E-state index contributed by atoms with van der Waals surface area (Å²) in [4.78, 5) is 36.7. The second-order valence-corrected chi connectivity index (χ2v) is 9.77. The van der Waals surface area contributed by atoms with Crippen LogP contribution in [0.25, 0.3) is 44.3 Å². The van der Waals surface area contributed by atoms with E-state index in [-0.39, 0.29) is 22.9 Å². The lowest BCUT2D eigenvalue weighted by Crippen LogP contribution is -2.33. The van der Waals surface area contributed by atoms with E-state index in [1.807, 2.05) is 48.5 Å². The molecule has 2 aliphatic rings. The molecule has 1 fully saturated rings. The molecule has 2 aromatic heterocycles. The second-order valence-electron chi connectivity index (χ2n) is 9.77. The SMILES string of the molecule is C[C@@H]1CC2CN1CCn1[nH]c3c(cccc3c1=O)-c1nc3c(cc(-c4ccccc4)cc3[nH]c1=O)O2. The fourth-order valence-electron chi connectivity index (χ4n) is 5.62. The van der Waals surface area contributed by atoms with Crippen molar-refractivity contribution in [3.05, 3.63) is 81.4 Å². The lowest BCUT2D eigenvalue weighted by Gasteiger charge is -2.21. The molecule has 0 saturated carbocycles. The minimum Gasteiger partial charge on any atom is -0.487 e. The molecule has 0 radical (unpaired) electrons. The summed E-state index contributed by atoms with van der Waals surface area (Å²) in [6, 6.07) is 19.7. The van der Waals surface area contributed by atoms with E-state index < -0.39 is 0 Å². The van der Waals surface area contributed by atoms with Crippen molar-refractivity contribution in [3.63, 3.8) is 0 Å². The van der Waals surface area contributed by atoms with Crippen LogP contribution in [0.2, 0.25) is 0 Å². The fraction of sp³-hybridized carbons (Fsp3) is 0.250. The number of aromatic nitrogens is 4. The number of hydrogen-bond acceptors (Lipinski definition) is 5. The van der Waals surface area contributed by atoms with Crippen molar-refractivity contribution in [2.24, 2.45) is 0 Å². The van der Waals surface area contributed by atoms with Crippen molar-refractivity contribution in [2.75, 3.05) is 13.1 Å². The van der Waals surface area contributed by atoms with Crippen molar-refractivity contribution in [1.29, 1.82) is 0 Å². The summed E-state index contributed by atoms with van der Waals surface area (Å²) in [6.07, 6.45) is 0.852. The van der Waals surface area contributed by atoms with Crippen molar-refractivity contribution in [3.8, 4) is 28.1 Å². The Labute approximate surface area is 206 Å². The van der Waals surface area contributed by atoms with Crippen LogP contribution in [0.1, 0.15) is 13.3 Å². The van der Waals surface area contributed by atoms with Gasteiger partial charge in [-0.05, 0) is 36.2 Å². The first kappa shape index (κ1) is 21.1. The zero-order valence-corrected chi connectivity index (χ0v) is 19.8. The van der Waals surface area contributed by atoms with Crippen LogP contribution in [0.15, 0.2) is 70.3 Å². The minimum absolute atomic E-state index is 0.0202. The van der Waals surface area contributed by atoms with E-state index in [0.717, 1.165) is 30.6 Å². The van der Waals surface area contributed by atoms with Gasteiger partial charge in [0.15, 0.2) is 0 Å². The van der Waals surface area contributed by atoms with Crippen LogP contribution in [0.4, 0.5) is 0 Å². The molecule has 4 heterocycles. The molecule has 36 heavy (non-hydrogen) atoms. The third kappa shape index (κ3) is 3.29. The number of rotatable bonds is 1. The van der Waals surface area contributed by atoms with Crippen LogP contribution in [0, 0.1) is 0 Å². The van der Waals surface area contributed by atoms with Gasteiger partial charge in [-0.25, -0.2) is 4.98 Å². The first-order chi connectivity index (χ1) is 17.5. The third-order valence-corrected chi connectivity index (χ3v) is 7.48.